The van der Waals surface area contributed by atoms with Gasteiger partial charge < -0.3 is 8.83 Å². The molecule has 0 bridgehead atoms. The molecule has 44 heavy (non-hydrogen) atoms. The van der Waals surface area contributed by atoms with Gasteiger partial charge in [-0.2, -0.15) is 0 Å². The van der Waals surface area contributed by atoms with Crippen LogP contribution < -0.4 is 0 Å². The molecule has 0 aliphatic heterocycles. The third-order valence-electron chi connectivity index (χ3n) is 9.27. The molecule has 0 saturated carbocycles. The van der Waals surface area contributed by atoms with Gasteiger partial charge in [0.25, 0.3) is 0 Å². The van der Waals surface area contributed by atoms with Crippen molar-refractivity contribution in [2.24, 2.45) is 0 Å². The zero-order valence-electron chi connectivity index (χ0n) is 23.7. The smallest absolute Gasteiger partial charge is 0.136 e. The molecule has 2 nitrogen and oxygen atoms in total. The SMILES string of the molecule is c1ccc2c(c1)oc1ccc(-c3c4ccccc4c(-c4cccc5c4ccc4oc6ccccc6c45)c4ccccc34)cc12. The summed E-state index contributed by atoms with van der Waals surface area (Å²) in [5, 5.41) is 12.0. The zero-order chi connectivity index (χ0) is 28.8. The fraction of sp³-hybridized carbons (Fsp3) is 0. The molecule has 0 radical (unpaired) electrons. The zero-order valence-corrected chi connectivity index (χ0v) is 23.7. The molecule has 10 aromatic rings. The number of fused-ring (bicyclic) bond motifs is 10. The summed E-state index contributed by atoms with van der Waals surface area (Å²) in [4.78, 5) is 0. The molecule has 2 heteroatoms. The van der Waals surface area contributed by atoms with Crippen molar-refractivity contribution in [1.82, 2.24) is 0 Å². The van der Waals surface area contributed by atoms with Gasteiger partial charge in [0, 0.05) is 21.5 Å². The molecule has 204 valence electrons. The number of furan rings is 2. The highest BCUT2D eigenvalue weighted by Gasteiger charge is 2.20. The molecule has 10 rings (SSSR count). The van der Waals surface area contributed by atoms with E-state index in [-0.39, 0.29) is 0 Å². The summed E-state index contributed by atoms with van der Waals surface area (Å²) < 4.78 is 12.4. The predicted octanol–water partition coefficient (Wildman–Crippen LogP) is 12.3. The van der Waals surface area contributed by atoms with Crippen molar-refractivity contribution in [2.75, 3.05) is 0 Å². The van der Waals surface area contributed by atoms with Gasteiger partial charge in [0.15, 0.2) is 0 Å². The quantitative estimate of drug-likeness (QED) is 0.197. The van der Waals surface area contributed by atoms with Crippen LogP contribution in [-0.4, -0.2) is 0 Å². The van der Waals surface area contributed by atoms with Crippen molar-refractivity contribution in [3.8, 4) is 22.3 Å². The number of hydrogen-bond donors (Lipinski definition) is 0. The Morgan fingerprint density at radius 3 is 1.55 bits per heavy atom. The minimum absolute atomic E-state index is 0.911. The van der Waals surface area contributed by atoms with Crippen molar-refractivity contribution in [2.45, 2.75) is 0 Å². The molecule has 2 heterocycles. The molecule has 0 spiro atoms. The van der Waals surface area contributed by atoms with E-state index in [2.05, 4.69) is 127 Å². The van der Waals surface area contributed by atoms with Crippen LogP contribution in [0.5, 0.6) is 0 Å². The largest absolute Gasteiger partial charge is 0.456 e. The van der Waals surface area contributed by atoms with E-state index in [1.807, 2.05) is 18.2 Å². The van der Waals surface area contributed by atoms with Gasteiger partial charge in [-0.25, -0.2) is 0 Å². The second kappa shape index (κ2) is 8.82. The monoisotopic (exact) mass is 560 g/mol. The van der Waals surface area contributed by atoms with E-state index in [0.29, 0.717) is 0 Å². The Balaban J connectivity index is 1.32. The summed E-state index contributed by atoms with van der Waals surface area (Å²) in [6, 6.07) is 52.0. The Labute approximate surface area is 252 Å². The summed E-state index contributed by atoms with van der Waals surface area (Å²) in [6.45, 7) is 0. The maximum absolute atomic E-state index is 6.26. The third kappa shape index (κ3) is 3.20. The van der Waals surface area contributed by atoms with Gasteiger partial charge in [-0.15, -0.1) is 0 Å². The van der Waals surface area contributed by atoms with E-state index >= 15 is 0 Å². The number of hydrogen-bond acceptors (Lipinski definition) is 2. The Morgan fingerprint density at radius 1 is 0.295 bits per heavy atom. The maximum atomic E-state index is 6.26. The van der Waals surface area contributed by atoms with Gasteiger partial charge in [-0.1, -0.05) is 115 Å². The minimum Gasteiger partial charge on any atom is -0.456 e. The first-order valence-corrected chi connectivity index (χ1v) is 15.0. The Bertz CT molecular complexity index is 2720. The molecule has 0 fully saturated rings. The first-order valence-electron chi connectivity index (χ1n) is 15.0. The third-order valence-corrected chi connectivity index (χ3v) is 9.27. The fourth-order valence-corrected chi connectivity index (χ4v) is 7.41. The lowest BCUT2D eigenvalue weighted by Crippen LogP contribution is -1.91. The van der Waals surface area contributed by atoms with Gasteiger partial charge in [-0.05, 0) is 84.9 Å². The highest BCUT2D eigenvalue weighted by Crippen LogP contribution is 2.47. The molecule has 0 aliphatic rings. The van der Waals surface area contributed by atoms with Crippen LogP contribution in [0.2, 0.25) is 0 Å². The molecule has 0 N–H and O–H groups in total. The molecule has 0 atom stereocenters. The van der Waals surface area contributed by atoms with Crippen LogP contribution in [0.3, 0.4) is 0 Å². The summed E-state index contributed by atoms with van der Waals surface area (Å²) >= 11 is 0. The van der Waals surface area contributed by atoms with Crippen molar-refractivity contribution in [3.63, 3.8) is 0 Å². The summed E-state index contributed by atoms with van der Waals surface area (Å²) in [7, 11) is 0. The van der Waals surface area contributed by atoms with Crippen LogP contribution in [0.4, 0.5) is 0 Å². The Morgan fingerprint density at radius 2 is 0.818 bits per heavy atom. The molecular weight excluding hydrogens is 536 g/mol. The van der Waals surface area contributed by atoms with Crippen LogP contribution in [0.15, 0.2) is 154 Å². The molecule has 0 unspecified atom stereocenters. The highest BCUT2D eigenvalue weighted by molar-refractivity contribution is 6.27. The summed E-state index contributed by atoms with van der Waals surface area (Å²) in [6.07, 6.45) is 0. The lowest BCUT2D eigenvalue weighted by atomic mass is 9.84. The van der Waals surface area contributed by atoms with E-state index in [1.54, 1.807) is 0 Å². The van der Waals surface area contributed by atoms with Crippen LogP contribution >= 0.6 is 0 Å². The lowest BCUT2D eigenvalue weighted by molar-refractivity contribution is 0.668. The molecule has 2 aromatic heterocycles. The van der Waals surface area contributed by atoms with Gasteiger partial charge in [0.2, 0.25) is 0 Å². The number of rotatable bonds is 2. The molecule has 0 saturated heterocycles. The molecule has 0 aliphatic carbocycles. The van der Waals surface area contributed by atoms with Crippen molar-refractivity contribution in [3.05, 3.63) is 146 Å². The molecule has 8 aromatic carbocycles. The van der Waals surface area contributed by atoms with E-state index < -0.39 is 0 Å². The molecular formula is C42H24O2. The Hall–Kier alpha value is -5.86. The average Bonchev–Trinajstić information content (AvgIpc) is 3.65. The van der Waals surface area contributed by atoms with E-state index in [1.165, 1.54) is 60.0 Å². The number of benzene rings is 8. The Kier molecular flexibility index (Phi) is 4.75. The van der Waals surface area contributed by atoms with E-state index in [0.717, 1.165) is 38.5 Å². The average molecular weight is 561 g/mol. The summed E-state index contributed by atoms with van der Waals surface area (Å²) in [5.74, 6) is 0. The summed E-state index contributed by atoms with van der Waals surface area (Å²) in [5.41, 5.74) is 8.58. The molecule has 0 amide bonds. The van der Waals surface area contributed by atoms with Crippen molar-refractivity contribution in [1.29, 1.82) is 0 Å². The topological polar surface area (TPSA) is 26.3 Å². The predicted molar refractivity (Wildman–Crippen MR) is 184 cm³/mol. The first-order chi connectivity index (χ1) is 21.8. The number of para-hydroxylation sites is 2. The van der Waals surface area contributed by atoms with Gasteiger partial charge in [0.05, 0.1) is 0 Å². The lowest BCUT2D eigenvalue weighted by Gasteiger charge is -2.19. The van der Waals surface area contributed by atoms with Crippen LogP contribution in [0.25, 0.3) is 98.4 Å². The van der Waals surface area contributed by atoms with Crippen molar-refractivity contribution >= 4 is 76.2 Å². The van der Waals surface area contributed by atoms with Crippen LogP contribution in [-0.2, 0) is 0 Å². The minimum atomic E-state index is 0.911. The van der Waals surface area contributed by atoms with Gasteiger partial charge >= 0.3 is 0 Å². The van der Waals surface area contributed by atoms with E-state index in [4.69, 9.17) is 8.83 Å². The first kappa shape index (κ1) is 23.7. The highest BCUT2D eigenvalue weighted by atomic mass is 16.3. The second-order valence-electron chi connectivity index (χ2n) is 11.6. The van der Waals surface area contributed by atoms with Crippen LogP contribution in [0.1, 0.15) is 0 Å². The normalized spacial score (nSPS) is 12.1. The van der Waals surface area contributed by atoms with Crippen LogP contribution in [0, 0.1) is 0 Å². The van der Waals surface area contributed by atoms with Crippen molar-refractivity contribution < 1.29 is 8.83 Å². The standard InChI is InChI=1S/C42H24O2/c1-3-13-32-30(11-1)40(25-20-22-38-35(24-25)27-10-5-7-18-36(27)43-38)31-12-2-4-14-33(31)41(32)28-16-9-17-29-26(28)21-23-39-42(29)34-15-6-8-19-37(34)44-39/h1-24H. The maximum Gasteiger partial charge on any atom is 0.136 e. The second-order valence-corrected chi connectivity index (χ2v) is 11.6. The van der Waals surface area contributed by atoms with Gasteiger partial charge in [-0.3, -0.25) is 0 Å². The van der Waals surface area contributed by atoms with E-state index in [9.17, 15) is 0 Å². The fourth-order valence-electron chi connectivity index (χ4n) is 7.41. The van der Waals surface area contributed by atoms with Gasteiger partial charge in [0.1, 0.15) is 22.3 Å².